The van der Waals surface area contributed by atoms with Gasteiger partial charge in [-0.1, -0.05) is 333 Å². The van der Waals surface area contributed by atoms with E-state index in [2.05, 4.69) is 226 Å². The van der Waals surface area contributed by atoms with Crippen LogP contribution in [0.3, 0.4) is 0 Å². The van der Waals surface area contributed by atoms with Gasteiger partial charge in [-0.2, -0.15) is 0 Å². The molecule has 3 fully saturated rings. The Morgan fingerprint density at radius 1 is 0.311 bits per heavy atom. The van der Waals surface area contributed by atoms with Crippen molar-refractivity contribution >= 4 is 88.9 Å². The third-order valence-corrected chi connectivity index (χ3v) is 28.8. The summed E-state index contributed by atoms with van der Waals surface area (Å²) >= 11 is 0. The number of benzene rings is 12. The average molecular weight is 1970 g/mol. The van der Waals surface area contributed by atoms with E-state index in [1.165, 1.54) is 136 Å². The molecule has 2 unspecified atom stereocenters. The third-order valence-electron chi connectivity index (χ3n) is 28.8. The SMILES string of the molecule is CC(=O)c1cc(-c2ccccc2)nc2ccccc12.CC(=O)c1cc(-c2ccccc2)nc2ccccc12.CCN(CC)C1CCN(C(C)c2cc(-c3ccccc3)nc3ccccc23)CC1.CCN(CC)C1CCN(C(C)c2cc(-c3ccccc3)nc3ccccc23)CC1.CCN(CC)C1CCNCC1.CON(C)C(=O)c1cc(-c2ccccc2)nc2ccccc12.O=C(O)c1cc(-c2ccccc2)nc2ccccc12. The molecule has 0 aliphatic carbocycles. The number of Topliss-reactive ketones (excluding diaryl/α,β-unsaturated/α-hetero) is 2. The predicted molar refractivity (Wildman–Crippen MR) is 610 cm³/mol. The van der Waals surface area contributed by atoms with Crippen LogP contribution in [0.4, 0.5) is 0 Å². The summed E-state index contributed by atoms with van der Waals surface area (Å²) in [6.45, 7) is 35.7. The number of hydrogen-bond acceptors (Lipinski definition) is 17. The number of carboxylic acid groups (broad SMARTS) is 1. The number of nitrogens with one attached hydrogen (secondary N) is 1. The lowest BCUT2D eigenvalue weighted by molar-refractivity contribution is -0.0755. The molecule has 0 spiro atoms. The Bertz CT molecular complexity index is 6910. The monoisotopic (exact) mass is 1970 g/mol. The number of amides is 1. The van der Waals surface area contributed by atoms with Crippen molar-refractivity contribution in [3.05, 3.63) is 397 Å². The lowest BCUT2D eigenvalue weighted by Gasteiger charge is -2.40. The van der Waals surface area contributed by atoms with Crippen LogP contribution in [-0.2, 0) is 4.84 Å². The fraction of sp³-hybridized carbons (Fsp3) is 0.271. The van der Waals surface area contributed by atoms with Crippen LogP contribution >= 0.6 is 0 Å². The first-order valence-corrected chi connectivity index (χ1v) is 52.5. The van der Waals surface area contributed by atoms with Gasteiger partial charge in [0.25, 0.3) is 5.91 Å². The van der Waals surface area contributed by atoms with Gasteiger partial charge in [-0.15, -0.1) is 0 Å². The predicted octanol–water partition coefficient (Wildman–Crippen LogP) is 28.0. The molecule has 0 radical (unpaired) electrons. The van der Waals surface area contributed by atoms with Gasteiger partial charge < -0.3 is 25.1 Å². The summed E-state index contributed by atoms with van der Waals surface area (Å²) in [4.78, 5) is 94.1. The maximum atomic E-state index is 12.5. The first-order chi connectivity index (χ1) is 72.3. The maximum Gasteiger partial charge on any atom is 0.336 e. The Hall–Kier alpha value is -14.9. The van der Waals surface area contributed by atoms with E-state index in [0.717, 1.165) is 150 Å². The molecule has 19 nitrogen and oxygen atoms in total. The molecule has 2 N–H and O–H groups in total. The molecule has 756 valence electrons. The highest BCUT2D eigenvalue weighted by Gasteiger charge is 2.31. The van der Waals surface area contributed by atoms with Crippen molar-refractivity contribution in [1.82, 2.24) is 64.8 Å². The number of pyridine rings is 6. The molecule has 21 rings (SSSR count). The van der Waals surface area contributed by atoms with E-state index in [-0.39, 0.29) is 23.0 Å². The molecule has 9 heterocycles. The van der Waals surface area contributed by atoms with Crippen LogP contribution in [0.1, 0.15) is 172 Å². The van der Waals surface area contributed by atoms with Gasteiger partial charge in [-0.05, 0) is 203 Å². The van der Waals surface area contributed by atoms with Crippen molar-refractivity contribution < 1.29 is 29.1 Å². The molecule has 18 aromatic rings. The van der Waals surface area contributed by atoms with E-state index in [1.807, 2.05) is 231 Å². The molecule has 1 amide bonds. The van der Waals surface area contributed by atoms with Crippen LogP contribution < -0.4 is 5.32 Å². The number of para-hydroxylation sites is 6. The quantitative estimate of drug-likeness (QED) is 0.0426. The Morgan fingerprint density at radius 3 is 0.784 bits per heavy atom. The molecule has 0 saturated carbocycles. The summed E-state index contributed by atoms with van der Waals surface area (Å²) in [5, 5.41) is 19.8. The van der Waals surface area contributed by atoms with Crippen LogP contribution in [0.2, 0.25) is 0 Å². The lowest BCUT2D eigenvalue weighted by Crippen LogP contribution is -2.45. The van der Waals surface area contributed by atoms with E-state index in [9.17, 15) is 24.3 Å². The van der Waals surface area contributed by atoms with Crippen LogP contribution in [0.5, 0.6) is 0 Å². The summed E-state index contributed by atoms with van der Waals surface area (Å²) in [5.41, 5.74) is 22.1. The number of likely N-dealkylation sites (tertiary alicyclic amines) is 2. The third kappa shape index (κ3) is 27.3. The molecule has 3 saturated heterocycles. The molecular formula is C129H139N13O6. The smallest absolute Gasteiger partial charge is 0.336 e. The molecule has 12 aromatic carbocycles. The Kier molecular flexibility index (Phi) is 38.8. The van der Waals surface area contributed by atoms with E-state index in [0.29, 0.717) is 34.2 Å². The van der Waals surface area contributed by atoms with Gasteiger partial charge >= 0.3 is 5.97 Å². The van der Waals surface area contributed by atoms with Gasteiger partial charge in [0.05, 0.1) is 85.5 Å². The number of carbonyl (C=O) groups is 4. The van der Waals surface area contributed by atoms with Crippen LogP contribution in [0.15, 0.2) is 364 Å². The Balaban J connectivity index is 0.000000131. The number of piperidine rings is 3. The molecule has 3 aliphatic rings. The maximum absolute atomic E-state index is 12.5. The second-order valence-corrected chi connectivity index (χ2v) is 37.6. The summed E-state index contributed by atoms with van der Waals surface area (Å²) in [5.74, 6) is -0.999. The summed E-state index contributed by atoms with van der Waals surface area (Å²) < 4.78 is 0. The minimum Gasteiger partial charge on any atom is -0.478 e. The molecule has 6 aromatic heterocycles. The first kappa shape index (κ1) is 107. The number of nitrogens with zero attached hydrogens (tertiary/aromatic N) is 12. The largest absolute Gasteiger partial charge is 0.478 e. The standard InChI is InChI=1S/2C26H33N3.C18H16N2O2.2C17H13NO.C16H11NO2.C9H20N2/c2*1-4-28(5-2)22-15-17-29(18-16-22)20(3)24-19-26(21-11-7-6-8-12-21)27-25-14-10-9-13-23(24)25;1-20(22-2)18(21)15-12-17(13-8-4-3-5-9-13)19-16-11-7-6-10-14(15)16;2*1-12(19)15-11-17(13-7-3-2-4-8-13)18-16-10-6-5-9-14(15)16;18-16(19)13-10-15(11-6-2-1-3-7-11)17-14-9-5-4-8-12(13)14;1-3-11(4-2)9-5-7-10-8-6-9/h2*6-14,19-20,22H,4-5,15-18H2,1-3H3;3-12H,1-2H3;2*2-11H,1H3;1-10H,(H,18,19);9-10H,3-8H2,1-2H3. The van der Waals surface area contributed by atoms with Crippen molar-refractivity contribution in [3.8, 4) is 67.5 Å². The Morgan fingerprint density at radius 2 is 0.527 bits per heavy atom. The second-order valence-electron chi connectivity index (χ2n) is 37.6. The number of fused-ring (bicyclic) bond motifs is 6. The molecule has 2 atom stereocenters. The van der Waals surface area contributed by atoms with E-state index >= 15 is 0 Å². The molecule has 3 aliphatic heterocycles. The van der Waals surface area contributed by atoms with Gasteiger partial charge in [0.1, 0.15) is 0 Å². The Labute approximate surface area is 872 Å². The molecule has 19 heteroatoms. The highest BCUT2D eigenvalue weighted by Crippen LogP contribution is 2.38. The van der Waals surface area contributed by atoms with E-state index in [4.69, 9.17) is 14.8 Å². The van der Waals surface area contributed by atoms with E-state index < -0.39 is 5.97 Å². The number of carbonyl (C=O) groups excluding carboxylic acids is 3. The lowest BCUT2D eigenvalue weighted by atomic mass is 9.95. The zero-order chi connectivity index (χ0) is 104. The fourth-order valence-electron chi connectivity index (χ4n) is 20.6. The van der Waals surface area contributed by atoms with Crippen molar-refractivity contribution in [1.29, 1.82) is 0 Å². The van der Waals surface area contributed by atoms with Crippen LogP contribution in [0, 0.1) is 0 Å². The van der Waals surface area contributed by atoms with Crippen LogP contribution in [-0.4, -0.2) is 199 Å². The topological polar surface area (TPSA) is 207 Å². The number of ketones is 2. The first-order valence-electron chi connectivity index (χ1n) is 52.5. The van der Waals surface area contributed by atoms with Gasteiger partial charge in [0.15, 0.2) is 11.6 Å². The second kappa shape index (κ2) is 53.5. The van der Waals surface area contributed by atoms with Gasteiger partial charge in [-0.25, -0.2) is 39.8 Å². The number of aromatic carboxylic acids is 1. The van der Waals surface area contributed by atoms with Crippen molar-refractivity contribution in [2.45, 2.75) is 138 Å². The molecule has 0 bridgehead atoms. The number of hydroxylamine groups is 2. The molecular weight excluding hydrogens is 1830 g/mol. The summed E-state index contributed by atoms with van der Waals surface area (Å²) in [6.07, 6.45) is 7.73. The van der Waals surface area contributed by atoms with Gasteiger partial charge in [0, 0.05) is 140 Å². The van der Waals surface area contributed by atoms with Crippen molar-refractivity contribution in [2.75, 3.05) is 92.7 Å². The highest BCUT2D eigenvalue weighted by atomic mass is 16.7. The minimum absolute atomic E-state index is 0.0655. The van der Waals surface area contributed by atoms with Crippen molar-refractivity contribution in [3.63, 3.8) is 0 Å². The van der Waals surface area contributed by atoms with Gasteiger partial charge in [-0.3, -0.25) is 29.0 Å². The summed E-state index contributed by atoms with van der Waals surface area (Å²) in [7, 11) is 3.07. The zero-order valence-electron chi connectivity index (χ0n) is 87.6. The average Bonchev–Trinajstić information content (AvgIpc) is 0.813. The number of hydrogen-bond donors (Lipinski definition) is 2. The normalized spacial score (nSPS) is 13.9. The van der Waals surface area contributed by atoms with Crippen molar-refractivity contribution in [2.24, 2.45) is 0 Å². The zero-order valence-corrected chi connectivity index (χ0v) is 87.6. The number of rotatable bonds is 24. The van der Waals surface area contributed by atoms with Gasteiger partial charge in [0.2, 0.25) is 0 Å². The highest BCUT2D eigenvalue weighted by molar-refractivity contribution is 6.09. The van der Waals surface area contributed by atoms with Crippen LogP contribution in [0.25, 0.3) is 133 Å². The minimum atomic E-state index is -0.934. The number of aromatic nitrogens is 6. The molecule has 148 heavy (non-hydrogen) atoms. The van der Waals surface area contributed by atoms with E-state index in [1.54, 1.807) is 33.0 Å². The number of carboxylic acids is 1. The summed E-state index contributed by atoms with van der Waals surface area (Å²) in [6, 6.07) is 123. The fourth-order valence-corrected chi connectivity index (χ4v) is 20.6.